The molecule has 1 aromatic rings. The lowest BCUT2D eigenvalue weighted by Crippen LogP contribution is -2.35. The van der Waals surface area contributed by atoms with E-state index in [-0.39, 0.29) is 0 Å². The largest absolute Gasteiger partial charge is 0.399 e. The van der Waals surface area contributed by atoms with Crippen LogP contribution in [0.15, 0.2) is 18.3 Å². The zero-order valence-corrected chi connectivity index (χ0v) is 6.25. The van der Waals surface area contributed by atoms with Crippen molar-refractivity contribution < 1.29 is 0 Å². The Morgan fingerprint density at radius 2 is 2.45 bits per heavy atom. The molecular weight excluding hydrogens is 138 g/mol. The summed E-state index contributed by atoms with van der Waals surface area (Å²) < 4.78 is 0. The van der Waals surface area contributed by atoms with Crippen LogP contribution in [0.1, 0.15) is 18.2 Å². The van der Waals surface area contributed by atoms with Crippen molar-refractivity contribution >= 4 is 5.69 Å². The molecule has 1 atom stereocenters. The normalized spacial score (nSPS) is 22.7. The first-order valence-electron chi connectivity index (χ1n) is 3.81. The van der Waals surface area contributed by atoms with E-state index >= 15 is 0 Å². The Bertz CT molecular complexity index is 255. The number of nitrogen functional groups attached to an aromatic ring is 1. The second-order valence-electron chi connectivity index (χ2n) is 2.81. The van der Waals surface area contributed by atoms with E-state index < -0.39 is 0 Å². The quantitative estimate of drug-likeness (QED) is 0.618. The standard InChI is InChI=1S/C8H11N3/c9-6-1-3-11-8(5-6)7-2-4-10-7/h1,3,5,7,10H,2,4H2,(H2,9,11)/t7-/m1/s1. The number of rotatable bonds is 1. The number of nitrogens with two attached hydrogens (primary N) is 1. The van der Waals surface area contributed by atoms with Gasteiger partial charge in [-0.3, -0.25) is 4.98 Å². The van der Waals surface area contributed by atoms with Gasteiger partial charge in [0.05, 0.1) is 11.7 Å². The summed E-state index contributed by atoms with van der Waals surface area (Å²) in [6.45, 7) is 1.10. The summed E-state index contributed by atoms with van der Waals surface area (Å²) in [5, 5.41) is 3.27. The molecule has 1 fully saturated rings. The van der Waals surface area contributed by atoms with E-state index in [9.17, 15) is 0 Å². The van der Waals surface area contributed by atoms with Gasteiger partial charge in [-0.1, -0.05) is 0 Å². The third-order valence-electron chi connectivity index (χ3n) is 1.99. The van der Waals surface area contributed by atoms with E-state index in [1.54, 1.807) is 6.20 Å². The molecule has 3 heteroatoms. The maximum absolute atomic E-state index is 5.61. The van der Waals surface area contributed by atoms with E-state index in [1.165, 1.54) is 6.42 Å². The highest BCUT2D eigenvalue weighted by Gasteiger charge is 2.19. The molecule has 58 valence electrons. The Morgan fingerprint density at radius 1 is 1.64 bits per heavy atom. The molecule has 0 saturated carbocycles. The fraction of sp³-hybridized carbons (Fsp3) is 0.375. The SMILES string of the molecule is Nc1ccnc([C@H]2CCN2)c1. The molecule has 3 nitrogen and oxygen atoms in total. The van der Waals surface area contributed by atoms with Crippen LogP contribution in [-0.2, 0) is 0 Å². The van der Waals surface area contributed by atoms with E-state index in [2.05, 4.69) is 10.3 Å². The third kappa shape index (κ3) is 1.19. The highest BCUT2D eigenvalue weighted by molar-refractivity contribution is 5.38. The molecule has 0 amide bonds. The monoisotopic (exact) mass is 149 g/mol. The van der Waals surface area contributed by atoms with Crippen molar-refractivity contribution in [1.82, 2.24) is 10.3 Å². The molecule has 2 heterocycles. The number of aromatic nitrogens is 1. The van der Waals surface area contributed by atoms with Crippen LogP contribution in [0.25, 0.3) is 0 Å². The first kappa shape index (κ1) is 6.61. The molecule has 0 radical (unpaired) electrons. The zero-order valence-electron chi connectivity index (χ0n) is 6.25. The maximum atomic E-state index is 5.61. The summed E-state index contributed by atoms with van der Waals surface area (Å²) >= 11 is 0. The van der Waals surface area contributed by atoms with Crippen LogP contribution < -0.4 is 11.1 Å². The third-order valence-corrected chi connectivity index (χ3v) is 1.99. The summed E-state index contributed by atoms with van der Waals surface area (Å²) in [5.74, 6) is 0. The molecule has 0 aromatic carbocycles. The molecule has 0 aliphatic carbocycles. The zero-order chi connectivity index (χ0) is 7.68. The molecule has 1 aliphatic rings. The van der Waals surface area contributed by atoms with Crippen LogP contribution >= 0.6 is 0 Å². The molecule has 0 spiro atoms. The van der Waals surface area contributed by atoms with Crippen molar-refractivity contribution in [3.8, 4) is 0 Å². The Hall–Kier alpha value is -1.09. The second kappa shape index (κ2) is 2.51. The van der Waals surface area contributed by atoms with Gasteiger partial charge in [0, 0.05) is 11.9 Å². The van der Waals surface area contributed by atoms with Crippen LogP contribution in [0.2, 0.25) is 0 Å². The number of nitrogens with one attached hydrogen (secondary N) is 1. The van der Waals surface area contributed by atoms with Gasteiger partial charge in [-0.05, 0) is 25.1 Å². The van der Waals surface area contributed by atoms with E-state index in [0.29, 0.717) is 6.04 Å². The summed E-state index contributed by atoms with van der Waals surface area (Å²) in [5.41, 5.74) is 7.47. The highest BCUT2D eigenvalue weighted by atomic mass is 15.0. The summed E-state index contributed by atoms with van der Waals surface area (Å²) in [7, 11) is 0. The molecule has 0 bridgehead atoms. The van der Waals surface area contributed by atoms with Gasteiger partial charge in [-0.15, -0.1) is 0 Å². The minimum Gasteiger partial charge on any atom is -0.399 e. The highest BCUT2D eigenvalue weighted by Crippen LogP contribution is 2.21. The fourth-order valence-corrected chi connectivity index (χ4v) is 1.20. The molecule has 0 unspecified atom stereocenters. The van der Waals surface area contributed by atoms with Crippen molar-refractivity contribution in [3.63, 3.8) is 0 Å². The van der Waals surface area contributed by atoms with Crippen LogP contribution in [-0.4, -0.2) is 11.5 Å². The smallest absolute Gasteiger partial charge is 0.0594 e. The molecule has 1 saturated heterocycles. The number of pyridine rings is 1. The first-order valence-corrected chi connectivity index (χ1v) is 3.81. The lowest BCUT2D eigenvalue weighted by Gasteiger charge is -2.26. The predicted molar refractivity (Wildman–Crippen MR) is 44.0 cm³/mol. The topological polar surface area (TPSA) is 50.9 Å². The Labute approximate surface area is 65.6 Å². The van der Waals surface area contributed by atoms with Gasteiger partial charge in [0.2, 0.25) is 0 Å². The Morgan fingerprint density at radius 3 is 3.00 bits per heavy atom. The molecule has 11 heavy (non-hydrogen) atoms. The van der Waals surface area contributed by atoms with E-state index in [1.807, 2.05) is 12.1 Å². The summed E-state index contributed by atoms with van der Waals surface area (Å²) in [6.07, 6.45) is 2.93. The summed E-state index contributed by atoms with van der Waals surface area (Å²) in [4.78, 5) is 4.22. The molecule has 2 rings (SSSR count). The van der Waals surface area contributed by atoms with Crippen molar-refractivity contribution in [2.75, 3.05) is 12.3 Å². The summed E-state index contributed by atoms with van der Waals surface area (Å²) in [6, 6.07) is 4.18. The van der Waals surface area contributed by atoms with Crippen LogP contribution in [0.3, 0.4) is 0 Å². The minimum atomic E-state index is 0.443. The Balaban J connectivity index is 2.23. The lowest BCUT2D eigenvalue weighted by molar-refractivity contribution is 0.375. The first-order chi connectivity index (χ1) is 5.36. The van der Waals surface area contributed by atoms with Crippen LogP contribution in [0, 0.1) is 0 Å². The minimum absolute atomic E-state index is 0.443. The number of hydrogen-bond donors (Lipinski definition) is 2. The van der Waals surface area contributed by atoms with Gasteiger partial charge in [0.1, 0.15) is 0 Å². The maximum Gasteiger partial charge on any atom is 0.0594 e. The number of nitrogens with zero attached hydrogens (tertiary/aromatic N) is 1. The van der Waals surface area contributed by atoms with E-state index in [0.717, 1.165) is 17.9 Å². The van der Waals surface area contributed by atoms with Gasteiger partial charge in [0.25, 0.3) is 0 Å². The van der Waals surface area contributed by atoms with Gasteiger partial charge in [-0.2, -0.15) is 0 Å². The van der Waals surface area contributed by atoms with Gasteiger partial charge in [-0.25, -0.2) is 0 Å². The molecular formula is C8H11N3. The van der Waals surface area contributed by atoms with Crippen molar-refractivity contribution in [2.24, 2.45) is 0 Å². The van der Waals surface area contributed by atoms with Crippen molar-refractivity contribution in [2.45, 2.75) is 12.5 Å². The molecule has 1 aliphatic heterocycles. The number of hydrogen-bond acceptors (Lipinski definition) is 3. The number of anilines is 1. The van der Waals surface area contributed by atoms with Gasteiger partial charge in [0.15, 0.2) is 0 Å². The molecule has 3 N–H and O–H groups in total. The lowest BCUT2D eigenvalue weighted by atomic mass is 10.0. The van der Waals surface area contributed by atoms with Crippen LogP contribution in [0.4, 0.5) is 5.69 Å². The van der Waals surface area contributed by atoms with Crippen molar-refractivity contribution in [1.29, 1.82) is 0 Å². The average Bonchev–Trinajstić information content (AvgIpc) is 1.83. The second-order valence-corrected chi connectivity index (χ2v) is 2.81. The molecule has 1 aromatic heterocycles. The predicted octanol–water partition coefficient (Wildman–Crippen LogP) is 0.698. The fourth-order valence-electron chi connectivity index (χ4n) is 1.20. The van der Waals surface area contributed by atoms with Crippen LogP contribution in [0.5, 0.6) is 0 Å². The van der Waals surface area contributed by atoms with Gasteiger partial charge >= 0.3 is 0 Å². The Kier molecular flexibility index (Phi) is 1.51. The average molecular weight is 149 g/mol. The van der Waals surface area contributed by atoms with E-state index in [4.69, 9.17) is 5.73 Å². The van der Waals surface area contributed by atoms with Gasteiger partial charge < -0.3 is 11.1 Å². The van der Waals surface area contributed by atoms with Crippen molar-refractivity contribution in [3.05, 3.63) is 24.0 Å².